The SMILES string of the molecule is CC1CO[P@@](=O)(Nc2ccccc2)O[C@@H]1C. The summed E-state index contributed by atoms with van der Waals surface area (Å²) in [5, 5.41) is 2.82. The van der Waals surface area contributed by atoms with E-state index in [1.807, 2.05) is 44.2 Å². The summed E-state index contributed by atoms with van der Waals surface area (Å²) in [5.74, 6) is 0.264. The second-order valence-corrected chi connectivity index (χ2v) is 5.75. The van der Waals surface area contributed by atoms with Gasteiger partial charge in [-0.2, -0.15) is 0 Å². The van der Waals surface area contributed by atoms with Gasteiger partial charge in [0.1, 0.15) is 0 Å². The average molecular weight is 241 g/mol. The summed E-state index contributed by atoms with van der Waals surface area (Å²) >= 11 is 0. The number of hydrogen-bond donors (Lipinski definition) is 1. The molecule has 0 aliphatic carbocycles. The van der Waals surface area contributed by atoms with Crippen LogP contribution in [0.1, 0.15) is 13.8 Å². The molecule has 0 amide bonds. The van der Waals surface area contributed by atoms with Gasteiger partial charge < -0.3 is 0 Å². The van der Waals surface area contributed by atoms with Crippen LogP contribution in [0, 0.1) is 5.92 Å². The fraction of sp³-hybridized carbons (Fsp3) is 0.455. The second-order valence-electron chi connectivity index (χ2n) is 4.06. The first-order valence-electron chi connectivity index (χ1n) is 5.35. The smallest absolute Gasteiger partial charge is 0.293 e. The molecule has 1 aromatic rings. The Labute approximate surface area is 95.5 Å². The Morgan fingerprint density at radius 2 is 2.00 bits per heavy atom. The highest BCUT2D eigenvalue weighted by Gasteiger charge is 2.35. The van der Waals surface area contributed by atoms with Crippen molar-refractivity contribution < 1.29 is 13.6 Å². The van der Waals surface area contributed by atoms with Crippen LogP contribution in [0.25, 0.3) is 0 Å². The Morgan fingerprint density at radius 3 is 2.62 bits per heavy atom. The summed E-state index contributed by atoms with van der Waals surface area (Å²) in [4.78, 5) is 0. The number of rotatable bonds is 2. The Bertz CT molecular complexity index is 395. The maximum absolute atomic E-state index is 12.2. The Kier molecular flexibility index (Phi) is 3.33. The highest BCUT2D eigenvalue weighted by molar-refractivity contribution is 7.55. The highest BCUT2D eigenvalue weighted by Crippen LogP contribution is 2.52. The first kappa shape index (κ1) is 11.6. The maximum atomic E-state index is 12.2. The summed E-state index contributed by atoms with van der Waals surface area (Å²) in [6.07, 6.45) is -0.0594. The van der Waals surface area contributed by atoms with E-state index in [0.29, 0.717) is 6.61 Å². The van der Waals surface area contributed by atoms with E-state index < -0.39 is 7.75 Å². The van der Waals surface area contributed by atoms with Gasteiger partial charge in [0.25, 0.3) is 0 Å². The minimum atomic E-state index is -3.18. The van der Waals surface area contributed by atoms with Gasteiger partial charge in [-0.25, -0.2) is 4.57 Å². The third-order valence-corrected chi connectivity index (χ3v) is 4.28. The molecule has 0 spiro atoms. The third kappa shape index (κ3) is 2.64. The van der Waals surface area contributed by atoms with Crippen LogP contribution in [0.3, 0.4) is 0 Å². The van der Waals surface area contributed by atoms with E-state index in [1.54, 1.807) is 0 Å². The van der Waals surface area contributed by atoms with E-state index in [9.17, 15) is 4.57 Å². The molecular formula is C11H16NO3P. The number of hydrogen-bond acceptors (Lipinski definition) is 3. The number of para-hydroxylation sites is 1. The van der Waals surface area contributed by atoms with Crippen LogP contribution in [0.2, 0.25) is 0 Å². The molecule has 1 aliphatic heterocycles. The van der Waals surface area contributed by atoms with Gasteiger partial charge in [-0.05, 0) is 19.1 Å². The van der Waals surface area contributed by atoms with Gasteiger partial charge >= 0.3 is 7.75 Å². The largest absolute Gasteiger partial charge is 0.432 e. The van der Waals surface area contributed by atoms with Crippen LogP contribution in [0.5, 0.6) is 0 Å². The lowest BCUT2D eigenvalue weighted by molar-refractivity contribution is 0.0478. The molecule has 1 N–H and O–H groups in total. The zero-order chi connectivity index (χ0) is 11.6. The minimum Gasteiger partial charge on any atom is -0.293 e. The first-order chi connectivity index (χ1) is 7.59. The molecule has 1 heterocycles. The molecule has 0 aromatic heterocycles. The molecule has 1 aliphatic rings. The van der Waals surface area contributed by atoms with Crippen molar-refractivity contribution in [2.75, 3.05) is 11.7 Å². The summed E-state index contributed by atoms with van der Waals surface area (Å²) < 4.78 is 22.9. The molecule has 1 aromatic carbocycles. The lowest BCUT2D eigenvalue weighted by atomic mass is 10.1. The molecule has 0 saturated carbocycles. The molecule has 5 heteroatoms. The fourth-order valence-corrected chi connectivity index (χ4v) is 3.15. The summed E-state index contributed by atoms with van der Waals surface area (Å²) in [6, 6.07) is 9.29. The van der Waals surface area contributed by atoms with Gasteiger partial charge in [0, 0.05) is 11.6 Å². The summed E-state index contributed by atoms with van der Waals surface area (Å²) in [5.41, 5.74) is 0.743. The van der Waals surface area contributed by atoms with Crippen LogP contribution in [-0.4, -0.2) is 12.7 Å². The van der Waals surface area contributed by atoms with Gasteiger partial charge in [0.15, 0.2) is 0 Å². The molecule has 1 unspecified atom stereocenters. The molecule has 1 saturated heterocycles. The third-order valence-electron chi connectivity index (χ3n) is 2.65. The van der Waals surface area contributed by atoms with Gasteiger partial charge in [-0.1, -0.05) is 25.1 Å². The molecule has 88 valence electrons. The zero-order valence-electron chi connectivity index (χ0n) is 9.42. The van der Waals surface area contributed by atoms with Crippen molar-refractivity contribution in [1.82, 2.24) is 0 Å². The normalized spacial score (nSPS) is 34.6. The second kappa shape index (κ2) is 4.58. The first-order valence-corrected chi connectivity index (χ1v) is 6.90. The minimum absolute atomic E-state index is 0.0594. The fourth-order valence-electron chi connectivity index (χ4n) is 1.43. The Balaban J connectivity index is 2.07. The summed E-state index contributed by atoms with van der Waals surface area (Å²) in [6.45, 7) is 4.38. The van der Waals surface area contributed by atoms with E-state index in [4.69, 9.17) is 9.05 Å². The van der Waals surface area contributed by atoms with Crippen molar-refractivity contribution in [3.05, 3.63) is 30.3 Å². The van der Waals surface area contributed by atoms with E-state index in [1.165, 1.54) is 0 Å². The van der Waals surface area contributed by atoms with Crippen molar-refractivity contribution >= 4 is 13.4 Å². The molecule has 4 nitrogen and oxygen atoms in total. The predicted molar refractivity (Wildman–Crippen MR) is 63.3 cm³/mol. The summed E-state index contributed by atoms with van der Waals surface area (Å²) in [7, 11) is -3.18. The number of benzene rings is 1. The molecule has 16 heavy (non-hydrogen) atoms. The lowest BCUT2D eigenvalue weighted by Gasteiger charge is -2.32. The van der Waals surface area contributed by atoms with E-state index in [2.05, 4.69) is 5.09 Å². The van der Waals surface area contributed by atoms with Gasteiger partial charge in [0.05, 0.1) is 12.7 Å². The van der Waals surface area contributed by atoms with E-state index >= 15 is 0 Å². The number of nitrogens with one attached hydrogen (secondary N) is 1. The maximum Gasteiger partial charge on any atom is 0.432 e. The van der Waals surface area contributed by atoms with Gasteiger partial charge in [-0.15, -0.1) is 0 Å². The van der Waals surface area contributed by atoms with Gasteiger partial charge in [-0.3, -0.25) is 14.1 Å². The van der Waals surface area contributed by atoms with Crippen molar-refractivity contribution in [2.45, 2.75) is 20.0 Å². The van der Waals surface area contributed by atoms with Crippen LogP contribution < -0.4 is 5.09 Å². The Morgan fingerprint density at radius 1 is 1.31 bits per heavy atom. The molecule has 1 fully saturated rings. The van der Waals surface area contributed by atoms with E-state index in [0.717, 1.165) is 5.69 Å². The molecular weight excluding hydrogens is 225 g/mol. The number of anilines is 1. The Hall–Kier alpha value is -0.830. The standard InChI is InChI=1S/C11H16NO3P/c1-9-8-14-16(13,15-10(9)2)12-11-6-4-3-5-7-11/h3-7,9-10H,8H2,1-2H3,(H,12,13)/t9?,10-,16+/m1/s1. The molecule has 0 radical (unpaired) electrons. The monoisotopic (exact) mass is 241 g/mol. The highest BCUT2D eigenvalue weighted by atomic mass is 31.2. The predicted octanol–water partition coefficient (Wildman–Crippen LogP) is 3.28. The van der Waals surface area contributed by atoms with Crippen molar-refractivity contribution in [2.24, 2.45) is 5.92 Å². The van der Waals surface area contributed by atoms with Crippen LogP contribution >= 0.6 is 7.75 Å². The van der Waals surface area contributed by atoms with Crippen LogP contribution in [0.15, 0.2) is 30.3 Å². The zero-order valence-corrected chi connectivity index (χ0v) is 10.3. The van der Waals surface area contributed by atoms with E-state index in [-0.39, 0.29) is 12.0 Å². The quantitative estimate of drug-likeness (QED) is 0.807. The lowest BCUT2D eigenvalue weighted by Crippen LogP contribution is -2.28. The average Bonchev–Trinajstić information content (AvgIpc) is 2.25. The van der Waals surface area contributed by atoms with Crippen LogP contribution in [-0.2, 0) is 13.6 Å². The van der Waals surface area contributed by atoms with Gasteiger partial charge in [0.2, 0.25) is 0 Å². The molecule has 2 rings (SSSR count). The molecule has 0 bridgehead atoms. The molecule has 3 atom stereocenters. The van der Waals surface area contributed by atoms with Crippen molar-refractivity contribution in [3.8, 4) is 0 Å². The topological polar surface area (TPSA) is 47.6 Å². The van der Waals surface area contributed by atoms with Crippen molar-refractivity contribution in [1.29, 1.82) is 0 Å². The van der Waals surface area contributed by atoms with Crippen LogP contribution in [0.4, 0.5) is 5.69 Å². The van der Waals surface area contributed by atoms with Crippen molar-refractivity contribution in [3.63, 3.8) is 0 Å².